The van der Waals surface area contributed by atoms with Crippen molar-refractivity contribution in [1.29, 1.82) is 0 Å². The molecule has 1 aliphatic carbocycles. The van der Waals surface area contributed by atoms with Gasteiger partial charge in [0.25, 0.3) is 5.91 Å². The molecule has 0 radical (unpaired) electrons. The van der Waals surface area contributed by atoms with Crippen LogP contribution < -0.4 is 14.8 Å². The van der Waals surface area contributed by atoms with Gasteiger partial charge in [0.15, 0.2) is 0 Å². The molecule has 6 heteroatoms. The number of aliphatic hydroxyl groups excluding tert-OH is 1. The first-order chi connectivity index (χ1) is 15.5. The third-order valence-electron chi connectivity index (χ3n) is 5.23. The largest absolute Gasteiger partial charge is 0.505 e. The van der Waals surface area contributed by atoms with E-state index in [1.807, 2.05) is 49.4 Å². The second kappa shape index (κ2) is 10.5. The maximum absolute atomic E-state index is 13.2. The second-order valence-electron chi connectivity index (χ2n) is 7.16. The lowest BCUT2D eigenvalue weighted by Gasteiger charge is -2.26. The molecule has 0 saturated heterocycles. The number of nitrogens with one attached hydrogen (secondary N) is 1. The molecular weight excluding hydrogens is 404 g/mol. The third-order valence-corrected chi connectivity index (χ3v) is 5.23. The van der Waals surface area contributed by atoms with E-state index in [0.29, 0.717) is 28.3 Å². The second-order valence-corrected chi connectivity index (χ2v) is 7.16. The van der Waals surface area contributed by atoms with Crippen molar-refractivity contribution in [3.63, 3.8) is 0 Å². The molecule has 2 N–H and O–H groups in total. The molecule has 1 unspecified atom stereocenters. The molecule has 3 rings (SSSR count). The summed E-state index contributed by atoms with van der Waals surface area (Å²) in [5, 5.41) is 14.2. The standard InChI is InChI=1S/C26H28N2O4/c1-5-9-17-14-15-21(25(29)23(17)27-2)24(20-12-6-7-13-22(20)32-4)28-26(30)18-10-8-11-19(16-18)31-3/h6-16,24,29H,5H2,1-4H3,(H,28,30)/b17-9-,27-23?. The summed E-state index contributed by atoms with van der Waals surface area (Å²) in [4.78, 5) is 17.5. The zero-order chi connectivity index (χ0) is 23.1. The van der Waals surface area contributed by atoms with E-state index < -0.39 is 6.04 Å². The van der Waals surface area contributed by atoms with Crippen LogP contribution in [0.2, 0.25) is 0 Å². The Labute approximate surface area is 188 Å². The van der Waals surface area contributed by atoms with E-state index in [1.54, 1.807) is 45.5 Å². The number of aliphatic imine (C=N–C) groups is 1. The molecule has 1 aliphatic rings. The van der Waals surface area contributed by atoms with Crippen LogP contribution in [0.5, 0.6) is 11.5 Å². The Bertz CT molecular complexity index is 1110. The number of amides is 1. The number of nitrogens with zero attached hydrogens (tertiary/aromatic N) is 1. The van der Waals surface area contributed by atoms with Gasteiger partial charge in [-0.15, -0.1) is 0 Å². The molecule has 1 amide bonds. The fourth-order valence-electron chi connectivity index (χ4n) is 3.67. The molecule has 32 heavy (non-hydrogen) atoms. The van der Waals surface area contributed by atoms with Gasteiger partial charge >= 0.3 is 0 Å². The highest BCUT2D eigenvalue weighted by Gasteiger charge is 2.28. The molecule has 0 aliphatic heterocycles. The molecule has 0 bridgehead atoms. The zero-order valence-corrected chi connectivity index (χ0v) is 18.8. The molecule has 0 heterocycles. The number of hydrogen-bond donors (Lipinski definition) is 2. The lowest BCUT2D eigenvalue weighted by Crippen LogP contribution is -2.31. The van der Waals surface area contributed by atoms with E-state index in [2.05, 4.69) is 10.3 Å². The quantitative estimate of drug-likeness (QED) is 0.648. The molecule has 2 aromatic carbocycles. The summed E-state index contributed by atoms with van der Waals surface area (Å²) >= 11 is 0. The van der Waals surface area contributed by atoms with Crippen molar-refractivity contribution in [2.24, 2.45) is 4.99 Å². The van der Waals surface area contributed by atoms with Gasteiger partial charge in [-0.3, -0.25) is 9.79 Å². The summed E-state index contributed by atoms with van der Waals surface area (Å²) < 4.78 is 10.8. The van der Waals surface area contributed by atoms with Gasteiger partial charge in [0.2, 0.25) is 0 Å². The van der Waals surface area contributed by atoms with Crippen LogP contribution in [0, 0.1) is 0 Å². The third kappa shape index (κ3) is 4.75. The average Bonchev–Trinajstić information content (AvgIpc) is 2.83. The lowest BCUT2D eigenvalue weighted by atomic mass is 9.89. The molecule has 0 aromatic heterocycles. The molecule has 2 aromatic rings. The minimum absolute atomic E-state index is 0.0246. The van der Waals surface area contributed by atoms with E-state index >= 15 is 0 Å². The summed E-state index contributed by atoms with van der Waals surface area (Å²) in [6.45, 7) is 2.02. The van der Waals surface area contributed by atoms with Crippen molar-refractivity contribution in [1.82, 2.24) is 5.32 Å². The number of para-hydroxylation sites is 1. The molecular formula is C26H28N2O4. The van der Waals surface area contributed by atoms with Crippen LogP contribution in [0.4, 0.5) is 0 Å². The first-order valence-electron chi connectivity index (χ1n) is 10.4. The monoisotopic (exact) mass is 432 g/mol. The number of hydrogen-bond acceptors (Lipinski definition) is 5. The Morgan fingerprint density at radius 1 is 1.12 bits per heavy atom. The predicted octanol–water partition coefficient (Wildman–Crippen LogP) is 4.96. The van der Waals surface area contributed by atoms with Crippen molar-refractivity contribution in [2.75, 3.05) is 21.3 Å². The molecule has 0 spiro atoms. The van der Waals surface area contributed by atoms with Gasteiger partial charge in [-0.1, -0.05) is 49.4 Å². The normalized spacial score (nSPS) is 16.9. The number of rotatable bonds is 7. The van der Waals surface area contributed by atoms with Gasteiger partial charge in [0.05, 0.1) is 20.3 Å². The number of ether oxygens (including phenoxy) is 2. The number of benzene rings is 2. The summed E-state index contributed by atoms with van der Waals surface area (Å²) in [5.74, 6) is 0.901. The van der Waals surface area contributed by atoms with Crippen molar-refractivity contribution in [3.05, 3.63) is 94.8 Å². The topological polar surface area (TPSA) is 80.2 Å². The van der Waals surface area contributed by atoms with Crippen LogP contribution in [-0.4, -0.2) is 38.0 Å². The number of methoxy groups -OCH3 is 2. The lowest BCUT2D eigenvalue weighted by molar-refractivity contribution is 0.0941. The highest BCUT2D eigenvalue weighted by Crippen LogP contribution is 2.35. The fraction of sp³-hybridized carbons (Fsp3) is 0.231. The highest BCUT2D eigenvalue weighted by atomic mass is 16.5. The fourth-order valence-corrected chi connectivity index (χ4v) is 3.67. The molecule has 0 fully saturated rings. The predicted molar refractivity (Wildman–Crippen MR) is 127 cm³/mol. The van der Waals surface area contributed by atoms with Crippen LogP contribution in [0.1, 0.15) is 35.3 Å². The number of carbonyl (C=O) groups is 1. The summed E-state index contributed by atoms with van der Waals surface area (Å²) in [6.07, 6.45) is 6.53. The molecule has 166 valence electrons. The summed E-state index contributed by atoms with van der Waals surface area (Å²) in [5.41, 5.74) is 3.02. The van der Waals surface area contributed by atoms with Crippen LogP contribution in [-0.2, 0) is 0 Å². The van der Waals surface area contributed by atoms with Gasteiger partial charge in [-0.2, -0.15) is 0 Å². The minimum Gasteiger partial charge on any atom is -0.505 e. The van der Waals surface area contributed by atoms with E-state index in [4.69, 9.17) is 9.47 Å². The Morgan fingerprint density at radius 3 is 2.59 bits per heavy atom. The Balaban J connectivity index is 2.10. The smallest absolute Gasteiger partial charge is 0.252 e. The molecule has 6 nitrogen and oxygen atoms in total. The Morgan fingerprint density at radius 2 is 1.91 bits per heavy atom. The van der Waals surface area contributed by atoms with Crippen molar-refractivity contribution < 1.29 is 19.4 Å². The number of allylic oxidation sites excluding steroid dienone is 3. The van der Waals surface area contributed by atoms with Gasteiger partial charge in [0.1, 0.15) is 23.0 Å². The van der Waals surface area contributed by atoms with Crippen LogP contribution in [0.3, 0.4) is 0 Å². The van der Waals surface area contributed by atoms with Crippen molar-refractivity contribution >= 4 is 11.6 Å². The van der Waals surface area contributed by atoms with Gasteiger partial charge in [-0.25, -0.2) is 0 Å². The van der Waals surface area contributed by atoms with E-state index in [9.17, 15) is 9.90 Å². The SMILES string of the molecule is CC/C=C1/C=CC(C(NC(=O)c2cccc(OC)c2)c2ccccc2OC)=C(O)C1=NC. The molecule has 1 atom stereocenters. The van der Waals surface area contributed by atoms with E-state index in [-0.39, 0.29) is 11.7 Å². The summed E-state index contributed by atoms with van der Waals surface area (Å²) in [7, 11) is 4.77. The van der Waals surface area contributed by atoms with Gasteiger partial charge < -0.3 is 19.9 Å². The van der Waals surface area contributed by atoms with Crippen LogP contribution in [0.25, 0.3) is 0 Å². The summed E-state index contributed by atoms with van der Waals surface area (Å²) in [6, 6.07) is 13.7. The highest BCUT2D eigenvalue weighted by molar-refractivity contribution is 6.14. The zero-order valence-electron chi connectivity index (χ0n) is 18.8. The van der Waals surface area contributed by atoms with Gasteiger partial charge in [-0.05, 0) is 36.3 Å². The molecule has 0 saturated carbocycles. The van der Waals surface area contributed by atoms with Crippen LogP contribution in [0.15, 0.2) is 88.7 Å². The number of carbonyl (C=O) groups excluding carboxylic acids is 1. The average molecular weight is 433 g/mol. The van der Waals surface area contributed by atoms with Crippen LogP contribution >= 0.6 is 0 Å². The first kappa shape index (κ1) is 22.9. The Hall–Kier alpha value is -3.80. The van der Waals surface area contributed by atoms with E-state index in [0.717, 1.165) is 17.6 Å². The van der Waals surface area contributed by atoms with Crippen molar-refractivity contribution in [3.8, 4) is 11.5 Å². The minimum atomic E-state index is -0.666. The maximum Gasteiger partial charge on any atom is 0.252 e. The maximum atomic E-state index is 13.2. The first-order valence-corrected chi connectivity index (χ1v) is 10.4. The van der Waals surface area contributed by atoms with Crippen molar-refractivity contribution in [2.45, 2.75) is 19.4 Å². The van der Waals surface area contributed by atoms with E-state index in [1.165, 1.54) is 0 Å². The van der Waals surface area contributed by atoms with Gasteiger partial charge in [0, 0.05) is 23.7 Å². The number of aliphatic hydroxyl groups is 1. The Kier molecular flexibility index (Phi) is 7.49.